The standard InChI is InChI=1S/C15H31N3OS2/c1-6-16-13(17-10-14(3,4)20-5)18-11-15(19)9-8-12(15)21-7-2/h12,19H,6-11H2,1-5H3,(H2,16,17,18). The lowest BCUT2D eigenvalue weighted by molar-refractivity contribution is -0.0198. The molecule has 0 saturated heterocycles. The zero-order valence-electron chi connectivity index (χ0n) is 14.0. The fourth-order valence-corrected chi connectivity index (χ4v) is 3.54. The van der Waals surface area contributed by atoms with E-state index < -0.39 is 5.60 Å². The minimum absolute atomic E-state index is 0.135. The lowest BCUT2D eigenvalue weighted by Gasteiger charge is -2.45. The van der Waals surface area contributed by atoms with Gasteiger partial charge in [0.1, 0.15) is 0 Å². The Morgan fingerprint density at radius 3 is 2.57 bits per heavy atom. The molecule has 0 spiro atoms. The number of nitrogens with zero attached hydrogens (tertiary/aromatic N) is 1. The van der Waals surface area contributed by atoms with E-state index in [1.54, 1.807) is 0 Å². The van der Waals surface area contributed by atoms with E-state index in [1.165, 1.54) is 0 Å². The third kappa shape index (κ3) is 5.91. The van der Waals surface area contributed by atoms with Crippen LogP contribution in [0.1, 0.15) is 40.5 Å². The van der Waals surface area contributed by atoms with Gasteiger partial charge in [-0.3, -0.25) is 4.99 Å². The van der Waals surface area contributed by atoms with Crippen molar-refractivity contribution < 1.29 is 5.11 Å². The molecule has 1 aliphatic carbocycles. The molecule has 21 heavy (non-hydrogen) atoms. The van der Waals surface area contributed by atoms with Crippen molar-refractivity contribution in [2.45, 2.75) is 56.1 Å². The number of nitrogens with one attached hydrogen (secondary N) is 2. The Bertz CT molecular complexity index is 350. The molecule has 0 heterocycles. The molecule has 1 rings (SSSR count). The summed E-state index contributed by atoms with van der Waals surface area (Å²) in [6.07, 6.45) is 4.11. The molecule has 0 aromatic heterocycles. The van der Waals surface area contributed by atoms with Crippen LogP contribution in [0.25, 0.3) is 0 Å². The Kier molecular flexibility index (Phi) is 7.71. The molecule has 2 unspecified atom stereocenters. The Balaban J connectivity index is 2.53. The Morgan fingerprint density at radius 1 is 1.38 bits per heavy atom. The number of hydrogen-bond acceptors (Lipinski definition) is 4. The minimum Gasteiger partial charge on any atom is -0.387 e. The second kappa shape index (κ2) is 8.53. The molecule has 0 bridgehead atoms. The molecule has 2 atom stereocenters. The van der Waals surface area contributed by atoms with Gasteiger partial charge < -0.3 is 15.7 Å². The van der Waals surface area contributed by atoms with Gasteiger partial charge in [-0.1, -0.05) is 6.92 Å². The summed E-state index contributed by atoms with van der Waals surface area (Å²) in [5, 5.41) is 17.6. The van der Waals surface area contributed by atoms with Gasteiger partial charge in [0.05, 0.1) is 12.1 Å². The van der Waals surface area contributed by atoms with Crippen molar-refractivity contribution in [2.24, 2.45) is 4.99 Å². The highest BCUT2D eigenvalue weighted by molar-refractivity contribution is 8.00. The van der Waals surface area contributed by atoms with Crippen molar-refractivity contribution in [1.82, 2.24) is 10.6 Å². The first kappa shape index (κ1) is 19.0. The first-order valence-electron chi connectivity index (χ1n) is 7.78. The van der Waals surface area contributed by atoms with Crippen LogP contribution in [0, 0.1) is 0 Å². The monoisotopic (exact) mass is 333 g/mol. The number of aliphatic imine (C=N–C) groups is 1. The van der Waals surface area contributed by atoms with Crippen LogP contribution in [0.4, 0.5) is 0 Å². The SMILES string of the molecule is CCNC(=NCC(C)(C)SC)NCC1(O)CCC1SCC. The van der Waals surface area contributed by atoms with Crippen LogP contribution >= 0.6 is 23.5 Å². The maximum absolute atomic E-state index is 10.6. The topological polar surface area (TPSA) is 56.7 Å². The van der Waals surface area contributed by atoms with Gasteiger partial charge in [0, 0.05) is 23.1 Å². The number of aliphatic hydroxyl groups is 1. The van der Waals surface area contributed by atoms with Gasteiger partial charge in [-0.2, -0.15) is 23.5 Å². The molecule has 124 valence electrons. The van der Waals surface area contributed by atoms with Crippen molar-refractivity contribution in [3.05, 3.63) is 0 Å². The van der Waals surface area contributed by atoms with Crippen LogP contribution in [0.5, 0.6) is 0 Å². The maximum Gasteiger partial charge on any atom is 0.191 e. The van der Waals surface area contributed by atoms with Gasteiger partial charge in [0.2, 0.25) is 0 Å². The van der Waals surface area contributed by atoms with E-state index in [-0.39, 0.29) is 4.75 Å². The molecule has 0 aromatic rings. The first-order valence-corrected chi connectivity index (χ1v) is 10.1. The normalized spacial score (nSPS) is 26.4. The molecular formula is C15H31N3OS2. The highest BCUT2D eigenvalue weighted by Gasteiger charge is 2.45. The number of guanidine groups is 1. The predicted molar refractivity (Wildman–Crippen MR) is 97.7 cm³/mol. The largest absolute Gasteiger partial charge is 0.387 e. The quantitative estimate of drug-likeness (QED) is 0.470. The number of rotatable bonds is 8. The molecule has 6 heteroatoms. The van der Waals surface area contributed by atoms with E-state index in [9.17, 15) is 5.11 Å². The van der Waals surface area contributed by atoms with Gasteiger partial charge in [0.25, 0.3) is 0 Å². The van der Waals surface area contributed by atoms with Crippen LogP contribution < -0.4 is 10.6 Å². The van der Waals surface area contributed by atoms with Crippen molar-refractivity contribution >= 4 is 29.5 Å². The van der Waals surface area contributed by atoms with Crippen molar-refractivity contribution in [3.63, 3.8) is 0 Å². The summed E-state index contributed by atoms with van der Waals surface area (Å²) in [5.41, 5.74) is -0.577. The Morgan fingerprint density at radius 2 is 2.10 bits per heavy atom. The highest BCUT2D eigenvalue weighted by atomic mass is 32.2. The lowest BCUT2D eigenvalue weighted by Crippen LogP contribution is -2.58. The van der Waals surface area contributed by atoms with E-state index in [0.29, 0.717) is 11.8 Å². The molecular weight excluding hydrogens is 302 g/mol. The fourth-order valence-electron chi connectivity index (χ4n) is 2.15. The summed E-state index contributed by atoms with van der Waals surface area (Å²) >= 11 is 3.68. The van der Waals surface area contributed by atoms with Gasteiger partial charge >= 0.3 is 0 Å². The number of hydrogen-bond donors (Lipinski definition) is 3. The fraction of sp³-hybridized carbons (Fsp3) is 0.933. The van der Waals surface area contributed by atoms with E-state index >= 15 is 0 Å². The van der Waals surface area contributed by atoms with Crippen molar-refractivity contribution in [3.8, 4) is 0 Å². The molecule has 1 fully saturated rings. The minimum atomic E-state index is -0.577. The molecule has 3 N–H and O–H groups in total. The molecule has 0 radical (unpaired) electrons. The van der Waals surface area contributed by atoms with Crippen LogP contribution in [-0.2, 0) is 0 Å². The van der Waals surface area contributed by atoms with E-state index in [1.807, 2.05) is 23.5 Å². The Labute approximate surface area is 138 Å². The van der Waals surface area contributed by atoms with Crippen LogP contribution in [0.15, 0.2) is 4.99 Å². The van der Waals surface area contributed by atoms with Crippen molar-refractivity contribution in [2.75, 3.05) is 31.6 Å². The van der Waals surface area contributed by atoms with Crippen LogP contribution in [-0.4, -0.2) is 58.3 Å². The van der Waals surface area contributed by atoms with Crippen molar-refractivity contribution in [1.29, 1.82) is 0 Å². The van der Waals surface area contributed by atoms with Crippen LogP contribution in [0.2, 0.25) is 0 Å². The Hall–Kier alpha value is -0.0700. The first-order chi connectivity index (χ1) is 9.87. The summed E-state index contributed by atoms with van der Waals surface area (Å²) < 4.78 is 0.135. The molecule has 0 aliphatic heterocycles. The van der Waals surface area contributed by atoms with Gasteiger partial charge in [-0.05, 0) is 45.6 Å². The second-order valence-electron chi connectivity index (χ2n) is 6.10. The zero-order chi connectivity index (χ0) is 15.9. The second-order valence-corrected chi connectivity index (χ2v) is 9.09. The summed E-state index contributed by atoms with van der Waals surface area (Å²) in [6, 6.07) is 0. The average molecular weight is 334 g/mol. The summed E-state index contributed by atoms with van der Waals surface area (Å²) in [4.78, 5) is 4.64. The molecule has 1 saturated carbocycles. The maximum atomic E-state index is 10.6. The van der Waals surface area contributed by atoms with Gasteiger partial charge in [0.15, 0.2) is 5.96 Å². The average Bonchev–Trinajstić information content (AvgIpc) is 2.46. The van der Waals surface area contributed by atoms with Gasteiger partial charge in [-0.15, -0.1) is 0 Å². The molecule has 1 aliphatic rings. The molecule has 0 aromatic carbocycles. The summed E-state index contributed by atoms with van der Waals surface area (Å²) in [7, 11) is 0. The van der Waals surface area contributed by atoms with E-state index in [4.69, 9.17) is 0 Å². The van der Waals surface area contributed by atoms with E-state index in [2.05, 4.69) is 49.6 Å². The van der Waals surface area contributed by atoms with E-state index in [0.717, 1.165) is 37.6 Å². The zero-order valence-corrected chi connectivity index (χ0v) is 15.7. The van der Waals surface area contributed by atoms with Crippen LogP contribution in [0.3, 0.4) is 0 Å². The summed E-state index contributed by atoms with van der Waals surface area (Å²) in [5.74, 6) is 1.86. The number of thioether (sulfide) groups is 2. The predicted octanol–water partition coefficient (Wildman–Crippen LogP) is 2.33. The third-order valence-electron chi connectivity index (χ3n) is 3.88. The molecule has 4 nitrogen and oxygen atoms in total. The molecule has 0 amide bonds. The van der Waals surface area contributed by atoms with Gasteiger partial charge in [-0.25, -0.2) is 0 Å². The smallest absolute Gasteiger partial charge is 0.191 e. The third-order valence-corrected chi connectivity index (χ3v) is 6.53. The highest BCUT2D eigenvalue weighted by Crippen LogP contribution is 2.40. The lowest BCUT2D eigenvalue weighted by atomic mass is 9.79. The summed E-state index contributed by atoms with van der Waals surface area (Å²) in [6.45, 7) is 10.8.